The molecule has 96 heavy (non-hydrogen) atoms. The average molecular weight is 1310 g/mol. The number of benzene rings is 4. The number of carbonyl (C=O) groups is 4. The zero-order valence-corrected chi connectivity index (χ0v) is 57.4. The second-order valence-corrected chi connectivity index (χ2v) is 24.5. The van der Waals surface area contributed by atoms with Crippen molar-refractivity contribution in [1.82, 2.24) is 39.9 Å². The third kappa shape index (κ3) is 24.3. The summed E-state index contributed by atoms with van der Waals surface area (Å²) >= 11 is 0. The van der Waals surface area contributed by atoms with E-state index in [2.05, 4.69) is 83.8 Å². The first kappa shape index (κ1) is 75.9. The van der Waals surface area contributed by atoms with Gasteiger partial charge in [0.1, 0.15) is 0 Å². The lowest BCUT2D eigenvalue weighted by Gasteiger charge is -2.21. The van der Waals surface area contributed by atoms with Gasteiger partial charge in [-0.3, -0.25) is 19.2 Å². The number of hydrogen-bond donors (Lipinski definition) is 8. The van der Waals surface area contributed by atoms with E-state index in [-0.39, 0.29) is 56.0 Å². The van der Waals surface area contributed by atoms with Gasteiger partial charge in [-0.25, -0.2) is 39.9 Å². The first-order valence-corrected chi connectivity index (χ1v) is 33.9. The van der Waals surface area contributed by atoms with Crippen LogP contribution in [0.2, 0.25) is 0 Å². The van der Waals surface area contributed by atoms with E-state index in [9.17, 15) is 24.3 Å². The molecule has 1 fully saturated rings. The third-order valence-corrected chi connectivity index (χ3v) is 16.0. The van der Waals surface area contributed by atoms with Crippen LogP contribution < -0.4 is 21.3 Å². The topological polar surface area (TPSA) is 300 Å². The van der Waals surface area contributed by atoms with Gasteiger partial charge in [-0.1, -0.05) is 197 Å². The summed E-state index contributed by atoms with van der Waals surface area (Å²) in [7, 11) is 0. The SMILES string of the molecule is CCCc1nc(-c2ccc(CO)cc2)cnc1NC(=O)C(C)CC.CCCc1nc(-c2ccc(CO)cc2)cnc1NC(=O)CC(C)C.CCCc1nc(-c2ccc(CO)cc2)cnc1NC(=O)CC1CCCCC1.CCCc1nc(-c2ccc(CO)cc2)cnc1NC(C)=O. The Kier molecular flexibility index (Phi) is 31.9. The zero-order valence-electron chi connectivity index (χ0n) is 57.4. The minimum Gasteiger partial charge on any atom is -0.392 e. The molecular formula is C76H98N12O8. The van der Waals surface area contributed by atoms with Gasteiger partial charge in [0.05, 0.1) is 96.8 Å². The lowest BCUT2D eigenvalue weighted by molar-refractivity contribution is -0.119. The van der Waals surface area contributed by atoms with Gasteiger partial charge in [-0.05, 0) is 79.0 Å². The summed E-state index contributed by atoms with van der Waals surface area (Å²) in [6.07, 6.45) is 21.4. The van der Waals surface area contributed by atoms with E-state index in [0.29, 0.717) is 47.9 Å². The van der Waals surface area contributed by atoms with Crippen LogP contribution in [0.5, 0.6) is 0 Å². The lowest BCUT2D eigenvalue weighted by atomic mass is 9.87. The highest BCUT2D eigenvalue weighted by atomic mass is 16.3. The highest BCUT2D eigenvalue weighted by molar-refractivity contribution is 5.92. The van der Waals surface area contributed by atoms with Gasteiger partial charge in [0.25, 0.3) is 0 Å². The molecule has 20 nitrogen and oxygen atoms in total. The molecule has 0 spiro atoms. The number of rotatable bonds is 26. The molecule has 0 radical (unpaired) electrons. The minimum atomic E-state index is -0.151. The Morgan fingerprint density at radius 1 is 0.427 bits per heavy atom. The maximum atomic E-state index is 12.5. The molecule has 0 bridgehead atoms. The van der Waals surface area contributed by atoms with Crippen LogP contribution in [0.3, 0.4) is 0 Å². The maximum absolute atomic E-state index is 12.5. The summed E-state index contributed by atoms with van der Waals surface area (Å²) in [6.45, 7) is 17.8. The number of hydrogen-bond acceptors (Lipinski definition) is 16. The molecular weight excluding hydrogens is 1210 g/mol. The van der Waals surface area contributed by atoms with Crippen molar-refractivity contribution >= 4 is 46.9 Å². The number of nitrogens with zero attached hydrogens (tertiary/aromatic N) is 8. The van der Waals surface area contributed by atoms with Gasteiger partial charge in [0.2, 0.25) is 23.6 Å². The summed E-state index contributed by atoms with van der Waals surface area (Å²) in [6, 6.07) is 30.3. The fraction of sp³-hybridized carbons (Fsp3) is 0.421. The number of carbonyl (C=O) groups excluding carboxylic acids is 4. The van der Waals surface area contributed by atoms with Crippen LogP contribution in [0.15, 0.2) is 122 Å². The van der Waals surface area contributed by atoms with Gasteiger partial charge < -0.3 is 41.7 Å². The van der Waals surface area contributed by atoms with Gasteiger partial charge in [0, 0.05) is 47.9 Å². The number of aromatic nitrogens is 8. The normalized spacial score (nSPS) is 12.2. The van der Waals surface area contributed by atoms with Crippen molar-refractivity contribution in [3.8, 4) is 45.0 Å². The Morgan fingerprint density at radius 2 is 0.729 bits per heavy atom. The number of aliphatic hydroxyl groups is 4. The second kappa shape index (κ2) is 40.3. The predicted molar refractivity (Wildman–Crippen MR) is 380 cm³/mol. The quantitative estimate of drug-likeness (QED) is 0.0250. The average Bonchev–Trinajstić information content (AvgIpc) is 0.892. The molecule has 9 rings (SSSR count). The molecule has 1 aliphatic rings. The largest absolute Gasteiger partial charge is 0.392 e. The Hall–Kier alpha value is -9.08. The number of aliphatic hydroxyl groups excluding tert-OH is 4. The van der Waals surface area contributed by atoms with Crippen LogP contribution in [0.25, 0.3) is 45.0 Å². The van der Waals surface area contributed by atoms with Gasteiger partial charge in [-0.15, -0.1) is 0 Å². The van der Waals surface area contributed by atoms with Crippen LogP contribution in [0.1, 0.15) is 184 Å². The Bertz CT molecular complexity index is 3710. The van der Waals surface area contributed by atoms with E-state index in [1.165, 1.54) is 26.2 Å². The molecule has 1 atom stereocenters. The van der Waals surface area contributed by atoms with Crippen molar-refractivity contribution in [3.63, 3.8) is 0 Å². The summed E-state index contributed by atoms with van der Waals surface area (Å²) in [5.41, 5.74) is 13.5. The van der Waals surface area contributed by atoms with Crippen LogP contribution in [0, 0.1) is 17.8 Å². The van der Waals surface area contributed by atoms with Crippen LogP contribution in [-0.2, 0) is 71.3 Å². The molecule has 20 heteroatoms. The first-order chi connectivity index (χ1) is 46.4. The molecule has 0 aliphatic heterocycles. The van der Waals surface area contributed by atoms with Gasteiger partial charge in [-0.2, -0.15) is 0 Å². The lowest BCUT2D eigenvalue weighted by Crippen LogP contribution is -2.21. The summed E-state index contributed by atoms with van der Waals surface area (Å²) < 4.78 is 0. The van der Waals surface area contributed by atoms with E-state index >= 15 is 0 Å². The van der Waals surface area contributed by atoms with Crippen LogP contribution in [0.4, 0.5) is 23.3 Å². The molecule has 8 N–H and O–H groups in total. The molecule has 4 aromatic heterocycles. The number of anilines is 4. The second-order valence-electron chi connectivity index (χ2n) is 24.5. The Labute approximate surface area is 566 Å². The van der Waals surface area contributed by atoms with Crippen molar-refractivity contribution in [1.29, 1.82) is 0 Å². The highest BCUT2D eigenvalue weighted by Gasteiger charge is 2.21. The van der Waals surface area contributed by atoms with Crippen LogP contribution in [-0.4, -0.2) is 83.9 Å². The van der Waals surface area contributed by atoms with Crippen molar-refractivity contribution in [3.05, 3.63) is 167 Å². The fourth-order valence-corrected chi connectivity index (χ4v) is 10.4. The number of nitrogens with one attached hydrogen (secondary N) is 4. The van der Waals surface area contributed by atoms with Gasteiger partial charge in [0.15, 0.2) is 23.3 Å². The van der Waals surface area contributed by atoms with E-state index in [1.807, 2.05) is 125 Å². The molecule has 4 heterocycles. The van der Waals surface area contributed by atoms with E-state index in [1.54, 1.807) is 24.8 Å². The monoisotopic (exact) mass is 1310 g/mol. The van der Waals surface area contributed by atoms with E-state index in [0.717, 1.165) is 161 Å². The molecule has 0 saturated heterocycles. The molecule has 1 unspecified atom stereocenters. The molecule has 4 aromatic carbocycles. The molecule has 1 saturated carbocycles. The highest BCUT2D eigenvalue weighted by Crippen LogP contribution is 2.29. The van der Waals surface area contributed by atoms with E-state index in [4.69, 9.17) is 20.3 Å². The minimum absolute atomic E-state index is 0.0215. The predicted octanol–water partition coefficient (Wildman–Crippen LogP) is 14.2. The Balaban J connectivity index is 0.000000203. The van der Waals surface area contributed by atoms with E-state index < -0.39 is 0 Å². The standard InChI is InChI=1S/C22H29N3O2.2C19H25N3O2.C16H19N3O2/c1-2-6-19-22(25-21(27)13-16-7-4-3-5-8-16)23-14-20(24-19)18-11-9-17(15-26)10-12-18;1-4-5-16-19(22-18(24)10-13(2)3)20-11-17(21-16)15-8-6-14(12-23)7-9-15;1-4-6-16-18(22-19(24)13(3)5-2)20-11-17(21-16)15-9-7-14(12-23)8-10-15;1-3-4-14-16(18-11(2)21)17-9-15(19-14)13-7-5-12(10-20)6-8-13/h9-12,14,16,26H,2-8,13,15H2,1H3,(H,23,25,27);6-9,11,13,23H,4-5,10,12H2,1-3H3,(H,20,22,24);7-11,13,23H,4-6,12H2,1-3H3,(H,20,22,24);5-9,20H,3-4,10H2,1-2H3,(H,17,18,21). The van der Waals surface area contributed by atoms with Gasteiger partial charge >= 0.3 is 0 Å². The molecule has 4 amide bonds. The summed E-state index contributed by atoms with van der Waals surface area (Å²) in [5.74, 6) is 2.83. The van der Waals surface area contributed by atoms with Crippen LogP contribution >= 0.6 is 0 Å². The summed E-state index contributed by atoms with van der Waals surface area (Å²) in [4.78, 5) is 84.2. The molecule has 510 valence electrons. The van der Waals surface area contributed by atoms with Crippen molar-refractivity contribution < 1.29 is 39.6 Å². The van der Waals surface area contributed by atoms with Crippen molar-refractivity contribution in [2.45, 2.75) is 191 Å². The fourth-order valence-electron chi connectivity index (χ4n) is 10.4. The zero-order chi connectivity index (χ0) is 69.4. The van der Waals surface area contributed by atoms with Crippen molar-refractivity contribution in [2.24, 2.45) is 17.8 Å². The molecule has 1 aliphatic carbocycles. The number of aryl methyl sites for hydroxylation is 4. The van der Waals surface area contributed by atoms with Crippen molar-refractivity contribution in [2.75, 3.05) is 21.3 Å². The first-order valence-electron chi connectivity index (χ1n) is 33.9. The third-order valence-electron chi connectivity index (χ3n) is 16.0. The maximum Gasteiger partial charge on any atom is 0.228 e. The Morgan fingerprint density at radius 3 is 1.01 bits per heavy atom. The summed E-state index contributed by atoms with van der Waals surface area (Å²) in [5, 5.41) is 48.0. The molecule has 8 aromatic rings. The smallest absolute Gasteiger partial charge is 0.228 e. The number of amides is 4.